The zero-order chi connectivity index (χ0) is 10.7. The van der Waals surface area contributed by atoms with Gasteiger partial charge < -0.3 is 5.73 Å². The highest BCUT2D eigenvalue weighted by Crippen LogP contribution is 2.14. The summed E-state index contributed by atoms with van der Waals surface area (Å²) in [6.07, 6.45) is 4.26. The van der Waals surface area contributed by atoms with Crippen LogP contribution in [0, 0.1) is 6.92 Å². The highest BCUT2D eigenvalue weighted by molar-refractivity contribution is 5.41. The molecule has 1 aromatic carbocycles. The molecule has 0 saturated carbocycles. The average molecular weight is 202 g/mol. The van der Waals surface area contributed by atoms with Gasteiger partial charge >= 0.3 is 0 Å². The fraction of sp³-hybridized carbons (Fsp3) is 0.273. The largest absolute Gasteiger partial charge is 0.330 e. The molecule has 0 radical (unpaired) electrons. The Morgan fingerprint density at radius 3 is 2.60 bits per heavy atom. The third kappa shape index (κ3) is 2.05. The molecule has 78 valence electrons. The minimum absolute atomic E-state index is 0.679. The second kappa shape index (κ2) is 4.23. The van der Waals surface area contributed by atoms with E-state index < -0.39 is 0 Å². The maximum Gasteiger partial charge on any atom is 0.0885 e. The van der Waals surface area contributed by atoms with Crippen LogP contribution in [-0.2, 0) is 6.42 Å². The van der Waals surface area contributed by atoms with Gasteiger partial charge in [0.25, 0.3) is 0 Å². The van der Waals surface area contributed by atoms with Gasteiger partial charge in [0, 0.05) is 0 Å². The number of aryl methyl sites for hydroxylation is 1. The van der Waals surface area contributed by atoms with Crippen molar-refractivity contribution in [3.63, 3.8) is 0 Å². The van der Waals surface area contributed by atoms with Gasteiger partial charge in [0.2, 0.25) is 0 Å². The summed E-state index contributed by atoms with van der Waals surface area (Å²) in [6.45, 7) is 2.73. The molecule has 1 aromatic heterocycles. The molecule has 0 aliphatic rings. The first-order valence-electron chi connectivity index (χ1n) is 4.97. The summed E-state index contributed by atoms with van der Waals surface area (Å²) >= 11 is 0. The van der Waals surface area contributed by atoms with Crippen molar-refractivity contribution in [2.75, 3.05) is 6.54 Å². The third-order valence-corrected chi connectivity index (χ3v) is 2.33. The molecule has 2 aromatic rings. The van der Waals surface area contributed by atoms with E-state index in [9.17, 15) is 0 Å². The molecule has 4 heteroatoms. The van der Waals surface area contributed by atoms with Gasteiger partial charge in [-0.3, -0.25) is 0 Å². The van der Waals surface area contributed by atoms with Gasteiger partial charge in [-0.2, -0.15) is 15.0 Å². The predicted octanol–water partition coefficient (Wildman–Crippen LogP) is 1.08. The Bertz CT molecular complexity index is 434. The van der Waals surface area contributed by atoms with Gasteiger partial charge in [-0.25, -0.2) is 0 Å². The molecule has 2 N–H and O–H groups in total. The number of nitrogens with zero attached hydrogens (tertiary/aromatic N) is 3. The Morgan fingerprint density at radius 2 is 2.00 bits per heavy atom. The van der Waals surface area contributed by atoms with Gasteiger partial charge in [0.15, 0.2) is 0 Å². The van der Waals surface area contributed by atoms with E-state index in [1.165, 1.54) is 5.56 Å². The minimum Gasteiger partial charge on any atom is -0.330 e. The third-order valence-electron chi connectivity index (χ3n) is 2.33. The second-order valence-corrected chi connectivity index (χ2v) is 3.48. The molecule has 0 fully saturated rings. The number of hydrogen-bond acceptors (Lipinski definition) is 3. The molecule has 15 heavy (non-hydrogen) atoms. The van der Waals surface area contributed by atoms with E-state index >= 15 is 0 Å². The summed E-state index contributed by atoms with van der Waals surface area (Å²) in [5.74, 6) is 0. The first-order chi connectivity index (χ1) is 7.31. The van der Waals surface area contributed by atoms with Crippen LogP contribution in [0.25, 0.3) is 5.69 Å². The van der Waals surface area contributed by atoms with Crippen molar-refractivity contribution in [3.8, 4) is 5.69 Å². The topological polar surface area (TPSA) is 56.7 Å². The molecule has 0 atom stereocenters. The fourth-order valence-corrected chi connectivity index (χ4v) is 1.60. The lowest BCUT2D eigenvalue weighted by atomic mass is 10.1. The van der Waals surface area contributed by atoms with Crippen molar-refractivity contribution in [1.29, 1.82) is 0 Å². The number of rotatable bonds is 3. The number of nitrogens with two attached hydrogens (primary N) is 1. The van der Waals surface area contributed by atoms with E-state index in [1.54, 1.807) is 17.2 Å². The van der Waals surface area contributed by atoms with Crippen LogP contribution < -0.4 is 5.73 Å². The average Bonchev–Trinajstić information content (AvgIpc) is 2.71. The second-order valence-electron chi connectivity index (χ2n) is 3.48. The monoisotopic (exact) mass is 202 g/mol. The van der Waals surface area contributed by atoms with E-state index in [4.69, 9.17) is 5.73 Å². The van der Waals surface area contributed by atoms with Crippen molar-refractivity contribution in [2.45, 2.75) is 13.3 Å². The molecule has 0 aliphatic carbocycles. The molecule has 2 rings (SSSR count). The highest BCUT2D eigenvalue weighted by atomic mass is 15.5. The SMILES string of the molecule is Cc1cc(CCN)ccc1-n1nccn1. The Balaban J connectivity index is 2.35. The van der Waals surface area contributed by atoms with Crippen LogP contribution in [0.4, 0.5) is 0 Å². The summed E-state index contributed by atoms with van der Waals surface area (Å²) in [6, 6.07) is 6.23. The zero-order valence-corrected chi connectivity index (χ0v) is 8.72. The summed E-state index contributed by atoms with van der Waals surface area (Å²) in [5.41, 5.74) is 8.95. The summed E-state index contributed by atoms with van der Waals surface area (Å²) in [7, 11) is 0. The Labute approximate surface area is 88.7 Å². The number of benzene rings is 1. The van der Waals surface area contributed by atoms with Gasteiger partial charge in [-0.1, -0.05) is 12.1 Å². The highest BCUT2D eigenvalue weighted by Gasteiger charge is 2.02. The molecule has 0 spiro atoms. The molecule has 0 aliphatic heterocycles. The van der Waals surface area contributed by atoms with Crippen molar-refractivity contribution < 1.29 is 0 Å². The van der Waals surface area contributed by atoms with Crippen LogP contribution in [-0.4, -0.2) is 21.5 Å². The van der Waals surface area contributed by atoms with Crippen LogP contribution in [0.5, 0.6) is 0 Å². The first kappa shape index (κ1) is 9.86. The molecule has 1 heterocycles. The van der Waals surface area contributed by atoms with E-state index in [-0.39, 0.29) is 0 Å². The standard InChI is InChI=1S/C11H14N4/c1-9-8-10(4-5-12)2-3-11(9)15-13-6-7-14-15/h2-3,6-8H,4-5,12H2,1H3. The van der Waals surface area contributed by atoms with Crippen molar-refractivity contribution in [2.24, 2.45) is 5.73 Å². The summed E-state index contributed by atoms with van der Waals surface area (Å²) in [4.78, 5) is 1.63. The Kier molecular flexibility index (Phi) is 2.78. The lowest BCUT2D eigenvalue weighted by molar-refractivity contribution is 0.746. The Hall–Kier alpha value is -1.68. The first-order valence-corrected chi connectivity index (χ1v) is 4.97. The molecule has 0 saturated heterocycles. The van der Waals surface area contributed by atoms with Crippen LogP contribution in [0.3, 0.4) is 0 Å². The van der Waals surface area contributed by atoms with Crippen molar-refractivity contribution in [3.05, 3.63) is 41.7 Å². The van der Waals surface area contributed by atoms with E-state index in [0.717, 1.165) is 17.7 Å². The normalized spacial score (nSPS) is 10.5. The quantitative estimate of drug-likeness (QED) is 0.810. The van der Waals surface area contributed by atoms with E-state index in [2.05, 4.69) is 29.3 Å². The van der Waals surface area contributed by atoms with Crippen molar-refractivity contribution in [1.82, 2.24) is 15.0 Å². The predicted molar refractivity (Wildman–Crippen MR) is 58.9 cm³/mol. The number of aromatic nitrogens is 3. The fourth-order valence-electron chi connectivity index (χ4n) is 1.60. The van der Waals surface area contributed by atoms with E-state index in [0.29, 0.717) is 6.54 Å². The molecular weight excluding hydrogens is 188 g/mol. The van der Waals surface area contributed by atoms with Crippen molar-refractivity contribution >= 4 is 0 Å². The van der Waals surface area contributed by atoms with Crippen LogP contribution in [0.2, 0.25) is 0 Å². The number of hydrogen-bond donors (Lipinski definition) is 1. The Morgan fingerprint density at radius 1 is 1.27 bits per heavy atom. The maximum atomic E-state index is 5.51. The molecule has 0 amide bonds. The molecular formula is C11H14N4. The zero-order valence-electron chi connectivity index (χ0n) is 8.72. The summed E-state index contributed by atoms with van der Waals surface area (Å²) in [5, 5.41) is 8.21. The van der Waals surface area contributed by atoms with Gasteiger partial charge in [-0.05, 0) is 37.1 Å². The van der Waals surface area contributed by atoms with Crippen LogP contribution in [0.1, 0.15) is 11.1 Å². The smallest absolute Gasteiger partial charge is 0.0885 e. The molecule has 4 nitrogen and oxygen atoms in total. The van der Waals surface area contributed by atoms with Crippen LogP contribution >= 0.6 is 0 Å². The molecule has 0 unspecified atom stereocenters. The lowest BCUT2D eigenvalue weighted by Crippen LogP contribution is -2.05. The van der Waals surface area contributed by atoms with Gasteiger partial charge in [-0.15, -0.1) is 0 Å². The summed E-state index contributed by atoms with van der Waals surface area (Å²) < 4.78 is 0. The van der Waals surface area contributed by atoms with Crippen LogP contribution in [0.15, 0.2) is 30.6 Å². The van der Waals surface area contributed by atoms with E-state index in [1.807, 2.05) is 6.07 Å². The molecule has 0 bridgehead atoms. The van der Waals surface area contributed by atoms with Gasteiger partial charge in [0.1, 0.15) is 0 Å². The minimum atomic E-state index is 0.679. The van der Waals surface area contributed by atoms with Gasteiger partial charge in [0.05, 0.1) is 18.1 Å². The maximum absolute atomic E-state index is 5.51. The lowest BCUT2D eigenvalue weighted by Gasteiger charge is -2.06.